The predicted molar refractivity (Wildman–Crippen MR) is 129 cm³/mol. The van der Waals surface area contributed by atoms with E-state index in [9.17, 15) is 19.2 Å². The number of nitrogens with one attached hydrogen (secondary N) is 2. The van der Waals surface area contributed by atoms with E-state index < -0.39 is 35.6 Å². The highest BCUT2D eigenvalue weighted by Gasteiger charge is 2.35. The average molecular weight is 475 g/mol. The summed E-state index contributed by atoms with van der Waals surface area (Å²) in [5.74, 6) is -1.39. The molecule has 188 valence electrons. The van der Waals surface area contributed by atoms with E-state index in [-0.39, 0.29) is 24.8 Å². The first-order valence-corrected chi connectivity index (χ1v) is 11.9. The molecule has 1 aliphatic carbocycles. The number of hydrogen-bond acceptors (Lipinski definition) is 5. The van der Waals surface area contributed by atoms with Crippen molar-refractivity contribution in [3.63, 3.8) is 0 Å². The molecule has 0 aromatic heterocycles. The van der Waals surface area contributed by atoms with Crippen molar-refractivity contribution in [2.45, 2.75) is 89.4 Å². The summed E-state index contributed by atoms with van der Waals surface area (Å²) in [5, 5.41) is 5.64. The van der Waals surface area contributed by atoms with Gasteiger partial charge in [0, 0.05) is 19.5 Å². The lowest BCUT2D eigenvalue weighted by atomic mass is 9.94. The quantitative estimate of drug-likeness (QED) is 0.506. The van der Waals surface area contributed by atoms with Crippen molar-refractivity contribution in [2.75, 3.05) is 7.05 Å². The Morgan fingerprint density at radius 3 is 2.26 bits per heavy atom. The summed E-state index contributed by atoms with van der Waals surface area (Å²) in [6.45, 7) is 5.12. The molecule has 2 unspecified atom stereocenters. The van der Waals surface area contributed by atoms with Crippen molar-refractivity contribution in [3.05, 3.63) is 35.9 Å². The van der Waals surface area contributed by atoms with Gasteiger partial charge in [-0.2, -0.15) is 0 Å². The predicted octanol–water partition coefficient (Wildman–Crippen LogP) is 2.79. The fraction of sp³-hybridized carbons (Fsp3) is 0.600. The van der Waals surface area contributed by atoms with E-state index >= 15 is 0 Å². The van der Waals surface area contributed by atoms with Crippen LogP contribution in [0, 0.1) is 0 Å². The molecule has 9 nitrogen and oxygen atoms in total. The highest BCUT2D eigenvalue weighted by Crippen LogP contribution is 2.24. The number of nitrogens with zero attached hydrogens (tertiary/aromatic N) is 1. The number of likely N-dealkylation sites (N-methyl/N-ethyl adjacent to an activating group) is 1. The zero-order chi connectivity index (χ0) is 25.3. The summed E-state index contributed by atoms with van der Waals surface area (Å²) in [6, 6.07) is 7.11. The number of ether oxygens (including phenoxy) is 1. The maximum Gasteiger partial charge on any atom is 0.408 e. The molecule has 2 atom stereocenters. The zero-order valence-corrected chi connectivity index (χ0v) is 20.6. The van der Waals surface area contributed by atoms with E-state index in [2.05, 4.69) is 10.6 Å². The minimum absolute atomic E-state index is 0.0104. The second-order valence-electron chi connectivity index (χ2n) is 9.81. The van der Waals surface area contributed by atoms with Crippen LogP contribution in [0.2, 0.25) is 0 Å². The van der Waals surface area contributed by atoms with Crippen LogP contribution in [-0.2, 0) is 19.1 Å². The van der Waals surface area contributed by atoms with Crippen LogP contribution in [0.4, 0.5) is 4.79 Å². The van der Waals surface area contributed by atoms with Crippen LogP contribution in [0.3, 0.4) is 0 Å². The molecule has 0 bridgehead atoms. The third-order valence-electron chi connectivity index (χ3n) is 5.72. The summed E-state index contributed by atoms with van der Waals surface area (Å²) in [7, 11) is 1.52. The normalized spacial score (nSPS) is 16.1. The summed E-state index contributed by atoms with van der Waals surface area (Å²) in [4.78, 5) is 51.9. The Balaban J connectivity index is 2.26. The number of primary amides is 1. The van der Waals surface area contributed by atoms with Gasteiger partial charge < -0.3 is 26.0 Å². The SMILES string of the molecule is CN(C(=O)C(CCC(N)=O)NC(=O)OC(C)(C)C)C(C(=O)NC1CCCCC1)c1ccccc1. The van der Waals surface area contributed by atoms with Crippen molar-refractivity contribution in [1.29, 1.82) is 0 Å². The van der Waals surface area contributed by atoms with Crippen LogP contribution in [0.1, 0.15) is 77.3 Å². The number of benzene rings is 1. The van der Waals surface area contributed by atoms with E-state index in [4.69, 9.17) is 10.5 Å². The Morgan fingerprint density at radius 1 is 1.09 bits per heavy atom. The Labute approximate surface area is 201 Å². The van der Waals surface area contributed by atoms with Crippen molar-refractivity contribution < 1.29 is 23.9 Å². The molecule has 4 N–H and O–H groups in total. The van der Waals surface area contributed by atoms with Crippen LogP contribution >= 0.6 is 0 Å². The molecule has 1 aromatic carbocycles. The van der Waals surface area contributed by atoms with Gasteiger partial charge in [0.15, 0.2) is 0 Å². The van der Waals surface area contributed by atoms with Gasteiger partial charge in [0.1, 0.15) is 17.7 Å². The number of amides is 4. The number of hydrogen-bond donors (Lipinski definition) is 3. The van der Waals surface area contributed by atoms with Crippen LogP contribution in [-0.4, -0.2) is 53.4 Å². The fourth-order valence-electron chi connectivity index (χ4n) is 4.08. The molecule has 2 rings (SSSR count). The second kappa shape index (κ2) is 12.4. The van der Waals surface area contributed by atoms with Crippen molar-refractivity contribution in [2.24, 2.45) is 5.73 Å². The first kappa shape index (κ1) is 27.1. The molecule has 34 heavy (non-hydrogen) atoms. The van der Waals surface area contributed by atoms with Gasteiger partial charge in [0.2, 0.25) is 17.7 Å². The van der Waals surface area contributed by atoms with E-state index in [1.54, 1.807) is 45.0 Å². The largest absolute Gasteiger partial charge is 0.444 e. The van der Waals surface area contributed by atoms with Gasteiger partial charge in [-0.3, -0.25) is 14.4 Å². The van der Waals surface area contributed by atoms with Gasteiger partial charge in [-0.15, -0.1) is 0 Å². The number of nitrogens with two attached hydrogens (primary N) is 1. The van der Waals surface area contributed by atoms with Gasteiger partial charge >= 0.3 is 6.09 Å². The number of carbonyl (C=O) groups excluding carboxylic acids is 4. The average Bonchev–Trinajstić information content (AvgIpc) is 2.76. The first-order chi connectivity index (χ1) is 16.0. The Morgan fingerprint density at radius 2 is 1.71 bits per heavy atom. The molecular formula is C25H38N4O5. The lowest BCUT2D eigenvalue weighted by Gasteiger charge is -2.33. The lowest BCUT2D eigenvalue weighted by Crippen LogP contribution is -2.52. The van der Waals surface area contributed by atoms with Crippen molar-refractivity contribution >= 4 is 23.8 Å². The Hall–Kier alpha value is -3.10. The minimum atomic E-state index is -1.08. The van der Waals surface area contributed by atoms with Crippen LogP contribution in [0.15, 0.2) is 30.3 Å². The third-order valence-corrected chi connectivity index (χ3v) is 5.72. The van der Waals surface area contributed by atoms with Gasteiger partial charge in [0.25, 0.3) is 0 Å². The van der Waals surface area contributed by atoms with E-state index in [1.165, 1.54) is 11.9 Å². The third kappa shape index (κ3) is 8.68. The molecule has 1 fully saturated rings. The van der Waals surface area contributed by atoms with Crippen LogP contribution < -0.4 is 16.4 Å². The zero-order valence-electron chi connectivity index (χ0n) is 20.6. The molecule has 0 aliphatic heterocycles. The Bertz CT molecular complexity index is 847. The highest BCUT2D eigenvalue weighted by atomic mass is 16.6. The van der Waals surface area contributed by atoms with Gasteiger partial charge in [0.05, 0.1) is 0 Å². The summed E-state index contributed by atoms with van der Waals surface area (Å²) in [6.07, 6.45) is 4.19. The monoisotopic (exact) mass is 474 g/mol. The minimum Gasteiger partial charge on any atom is -0.444 e. The molecule has 0 spiro atoms. The van der Waals surface area contributed by atoms with Crippen molar-refractivity contribution in [3.8, 4) is 0 Å². The van der Waals surface area contributed by atoms with Gasteiger partial charge in [-0.05, 0) is 45.6 Å². The van der Waals surface area contributed by atoms with Crippen molar-refractivity contribution in [1.82, 2.24) is 15.5 Å². The topological polar surface area (TPSA) is 131 Å². The van der Waals surface area contributed by atoms with Crippen LogP contribution in [0.5, 0.6) is 0 Å². The van der Waals surface area contributed by atoms with E-state index in [0.29, 0.717) is 5.56 Å². The molecule has 1 saturated carbocycles. The number of alkyl carbamates (subject to hydrolysis) is 1. The molecule has 9 heteroatoms. The molecular weight excluding hydrogens is 436 g/mol. The van der Waals surface area contributed by atoms with Gasteiger partial charge in [-0.25, -0.2) is 4.79 Å². The van der Waals surface area contributed by atoms with E-state index in [1.807, 2.05) is 6.07 Å². The highest BCUT2D eigenvalue weighted by molar-refractivity contribution is 5.92. The van der Waals surface area contributed by atoms with E-state index in [0.717, 1.165) is 32.1 Å². The van der Waals surface area contributed by atoms with Gasteiger partial charge in [-0.1, -0.05) is 49.6 Å². The fourth-order valence-corrected chi connectivity index (χ4v) is 4.08. The summed E-state index contributed by atoms with van der Waals surface area (Å²) in [5.41, 5.74) is 5.17. The smallest absolute Gasteiger partial charge is 0.408 e. The maximum absolute atomic E-state index is 13.5. The van der Waals surface area contributed by atoms with Crippen LogP contribution in [0.25, 0.3) is 0 Å². The number of rotatable bonds is 9. The molecule has 1 aliphatic rings. The summed E-state index contributed by atoms with van der Waals surface area (Å²) < 4.78 is 5.28. The second-order valence-corrected chi connectivity index (χ2v) is 9.81. The summed E-state index contributed by atoms with van der Waals surface area (Å²) >= 11 is 0. The maximum atomic E-state index is 13.5. The lowest BCUT2D eigenvalue weighted by molar-refractivity contribution is -0.141. The Kier molecular flexibility index (Phi) is 9.89. The standard InChI is InChI=1S/C25H38N4O5/c1-25(2,3)34-24(33)28-19(15-16-20(26)30)23(32)29(4)21(17-11-7-5-8-12-17)22(31)27-18-13-9-6-10-14-18/h5,7-8,11-12,18-19,21H,6,9-10,13-16H2,1-4H3,(H2,26,30)(H,27,31)(H,28,33). The molecule has 0 radical (unpaired) electrons. The molecule has 0 heterocycles. The molecule has 4 amide bonds. The number of carbonyl (C=O) groups is 4. The molecule has 1 aromatic rings. The first-order valence-electron chi connectivity index (χ1n) is 11.9. The molecule has 0 saturated heterocycles.